The summed E-state index contributed by atoms with van der Waals surface area (Å²) in [7, 11) is 0. The molecule has 5 rings (SSSR count). The monoisotopic (exact) mass is 317 g/mol. The van der Waals surface area contributed by atoms with Gasteiger partial charge in [0.25, 0.3) is 0 Å². The first-order valence-electron chi connectivity index (χ1n) is 7.19. The smallest absolute Gasteiger partial charge is 0.187 e. The molecule has 0 spiro atoms. The number of aromatic amines is 1. The van der Waals surface area contributed by atoms with E-state index in [-0.39, 0.29) is 0 Å². The number of nitrogens with one attached hydrogen (secondary N) is 1. The minimum absolute atomic E-state index is 0.769. The number of aromatic nitrogens is 5. The summed E-state index contributed by atoms with van der Waals surface area (Å²) in [5.74, 6) is 0.769. The maximum Gasteiger partial charge on any atom is 0.187 e. The van der Waals surface area contributed by atoms with E-state index in [1.54, 1.807) is 16.8 Å². The molecule has 0 radical (unpaired) electrons. The van der Waals surface area contributed by atoms with E-state index >= 15 is 0 Å². The van der Waals surface area contributed by atoms with Crippen molar-refractivity contribution >= 4 is 27.9 Å². The van der Waals surface area contributed by atoms with Crippen LogP contribution in [-0.4, -0.2) is 24.6 Å². The zero-order chi connectivity index (χ0) is 15.2. The Morgan fingerprint density at radius 2 is 1.96 bits per heavy atom. The molecule has 0 amide bonds. The van der Waals surface area contributed by atoms with Gasteiger partial charge in [0.2, 0.25) is 0 Å². The van der Waals surface area contributed by atoms with E-state index in [0.717, 1.165) is 33.8 Å². The van der Waals surface area contributed by atoms with Crippen LogP contribution < -0.4 is 0 Å². The van der Waals surface area contributed by atoms with E-state index in [1.165, 1.54) is 5.39 Å². The van der Waals surface area contributed by atoms with E-state index in [1.807, 2.05) is 22.0 Å². The van der Waals surface area contributed by atoms with E-state index < -0.39 is 0 Å². The molecule has 0 aliphatic rings. The van der Waals surface area contributed by atoms with Crippen molar-refractivity contribution in [1.82, 2.24) is 24.6 Å². The molecule has 0 bridgehead atoms. The van der Waals surface area contributed by atoms with Crippen molar-refractivity contribution in [2.75, 3.05) is 0 Å². The summed E-state index contributed by atoms with van der Waals surface area (Å²) in [6, 6.07) is 12.5. The van der Waals surface area contributed by atoms with Gasteiger partial charge in [-0.3, -0.25) is 4.40 Å². The molecule has 110 valence electrons. The summed E-state index contributed by atoms with van der Waals surface area (Å²) in [6.45, 7) is 0. The van der Waals surface area contributed by atoms with Gasteiger partial charge in [0, 0.05) is 23.3 Å². The van der Waals surface area contributed by atoms with Crippen molar-refractivity contribution in [3.05, 3.63) is 59.7 Å². The lowest BCUT2D eigenvalue weighted by molar-refractivity contribution is 1.10. The number of benzene rings is 1. The molecule has 0 aliphatic carbocycles. The summed E-state index contributed by atoms with van der Waals surface area (Å²) < 4.78 is 1.99. The summed E-state index contributed by atoms with van der Waals surface area (Å²) >= 11 is 1.55. The molecule has 5 aromatic rings. The Morgan fingerprint density at radius 1 is 1.00 bits per heavy atom. The summed E-state index contributed by atoms with van der Waals surface area (Å²) in [5.41, 5.74) is 6.90. The molecule has 4 heterocycles. The highest BCUT2D eigenvalue weighted by Crippen LogP contribution is 2.26. The molecule has 1 N–H and O–H groups in total. The van der Waals surface area contributed by atoms with Crippen molar-refractivity contribution in [3.8, 4) is 22.6 Å². The number of pyridine rings is 1. The fourth-order valence-electron chi connectivity index (χ4n) is 2.79. The molecule has 0 aliphatic heterocycles. The molecular formula is C17H11N5S. The molecule has 6 heteroatoms. The second-order valence-electron chi connectivity index (χ2n) is 5.32. The van der Waals surface area contributed by atoms with Crippen molar-refractivity contribution in [2.45, 2.75) is 0 Å². The predicted octanol–water partition coefficient (Wildman–Crippen LogP) is 4.00. The molecule has 5 nitrogen and oxygen atoms in total. The Bertz CT molecular complexity index is 1120. The molecule has 0 saturated carbocycles. The lowest BCUT2D eigenvalue weighted by Crippen LogP contribution is -1.91. The van der Waals surface area contributed by atoms with Crippen LogP contribution in [0.4, 0.5) is 0 Å². The Morgan fingerprint density at radius 3 is 2.87 bits per heavy atom. The lowest BCUT2D eigenvalue weighted by atomic mass is 10.1. The first-order valence-corrected chi connectivity index (χ1v) is 8.14. The van der Waals surface area contributed by atoms with Crippen molar-refractivity contribution in [3.63, 3.8) is 0 Å². The molecule has 1 aromatic carbocycles. The van der Waals surface area contributed by atoms with Crippen LogP contribution in [0.15, 0.2) is 59.7 Å². The SMILES string of the molecule is c1cc2cc(-c3ccc4nnc(-c5cscn5)n4c3)ccc2[nH]1. The largest absolute Gasteiger partial charge is 0.361 e. The summed E-state index contributed by atoms with van der Waals surface area (Å²) in [4.78, 5) is 7.56. The Labute approximate surface area is 135 Å². The maximum atomic E-state index is 4.34. The van der Waals surface area contributed by atoms with Gasteiger partial charge in [0.1, 0.15) is 5.69 Å². The summed E-state index contributed by atoms with van der Waals surface area (Å²) in [6.07, 6.45) is 4.02. The second-order valence-corrected chi connectivity index (χ2v) is 6.04. The Kier molecular flexibility index (Phi) is 2.59. The van der Waals surface area contributed by atoms with Gasteiger partial charge in [0.05, 0.1) is 5.51 Å². The highest BCUT2D eigenvalue weighted by atomic mass is 32.1. The fraction of sp³-hybridized carbons (Fsp3) is 0. The lowest BCUT2D eigenvalue weighted by Gasteiger charge is -2.04. The van der Waals surface area contributed by atoms with Gasteiger partial charge in [-0.2, -0.15) is 0 Å². The van der Waals surface area contributed by atoms with Gasteiger partial charge in [-0.1, -0.05) is 6.07 Å². The second kappa shape index (κ2) is 4.76. The van der Waals surface area contributed by atoms with Crippen LogP contribution in [0.3, 0.4) is 0 Å². The average Bonchev–Trinajstić information content (AvgIpc) is 3.32. The van der Waals surface area contributed by atoms with Crippen LogP contribution in [0, 0.1) is 0 Å². The van der Waals surface area contributed by atoms with Crippen LogP contribution in [0.25, 0.3) is 39.2 Å². The van der Waals surface area contributed by atoms with Gasteiger partial charge < -0.3 is 4.98 Å². The molecule has 4 aromatic heterocycles. The Balaban J connectivity index is 1.71. The third-order valence-corrected chi connectivity index (χ3v) is 4.54. The first kappa shape index (κ1) is 12.5. The number of H-pyrrole nitrogens is 1. The van der Waals surface area contributed by atoms with Gasteiger partial charge in [-0.25, -0.2) is 4.98 Å². The minimum Gasteiger partial charge on any atom is -0.361 e. The normalized spacial score (nSPS) is 11.5. The minimum atomic E-state index is 0.769. The van der Waals surface area contributed by atoms with Crippen LogP contribution in [0.2, 0.25) is 0 Å². The molecule has 0 unspecified atom stereocenters. The van der Waals surface area contributed by atoms with Crippen LogP contribution >= 0.6 is 11.3 Å². The number of thiazole rings is 1. The highest BCUT2D eigenvalue weighted by Gasteiger charge is 2.11. The summed E-state index contributed by atoms with van der Waals surface area (Å²) in [5, 5.41) is 11.7. The van der Waals surface area contributed by atoms with Crippen LogP contribution in [-0.2, 0) is 0 Å². The molecule has 23 heavy (non-hydrogen) atoms. The zero-order valence-electron chi connectivity index (χ0n) is 12.0. The third kappa shape index (κ3) is 1.96. The van der Waals surface area contributed by atoms with E-state index in [9.17, 15) is 0 Å². The highest BCUT2D eigenvalue weighted by molar-refractivity contribution is 7.07. The third-order valence-electron chi connectivity index (χ3n) is 3.95. The van der Waals surface area contributed by atoms with Crippen molar-refractivity contribution in [1.29, 1.82) is 0 Å². The maximum absolute atomic E-state index is 4.34. The van der Waals surface area contributed by atoms with Crippen LogP contribution in [0.5, 0.6) is 0 Å². The number of hydrogen-bond acceptors (Lipinski definition) is 4. The van der Waals surface area contributed by atoms with E-state index in [4.69, 9.17) is 0 Å². The van der Waals surface area contributed by atoms with Gasteiger partial charge in [0.15, 0.2) is 11.5 Å². The molecule has 0 fully saturated rings. The first-order chi connectivity index (χ1) is 11.4. The molecular weight excluding hydrogens is 306 g/mol. The molecule has 0 atom stereocenters. The average molecular weight is 317 g/mol. The van der Waals surface area contributed by atoms with E-state index in [0.29, 0.717) is 0 Å². The van der Waals surface area contributed by atoms with Gasteiger partial charge in [-0.05, 0) is 46.8 Å². The van der Waals surface area contributed by atoms with Crippen LogP contribution in [0.1, 0.15) is 0 Å². The zero-order valence-corrected chi connectivity index (χ0v) is 12.8. The number of hydrogen-bond donors (Lipinski definition) is 1. The number of nitrogens with zero attached hydrogens (tertiary/aromatic N) is 4. The fourth-order valence-corrected chi connectivity index (χ4v) is 3.32. The van der Waals surface area contributed by atoms with Gasteiger partial charge in [-0.15, -0.1) is 21.5 Å². The van der Waals surface area contributed by atoms with Crippen molar-refractivity contribution in [2.24, 2.45) is 0 Å². The standard InChI is InChI=1S/C17H11N5S/c1-3-14-12(5-6-18-14)7-11(1)13-2-4-16-20-21-17(22(16)8-13)15-9-23-10-19-15/h1-10,18H. The Hall–Kier alpha value is -2.99. The van der Waals surface area contributed by atoms with Gasteiger partial charge >= 0.3 is 0 Å². The van der Waals surface area contributed by atoms with E-state index in [2.05, 4.69) is 56.7 Å². The molecule has 0 saturated heterocycles. The quantitative estimate of drug-likeness (QED) is 0.535. The number of rotatable bonds is 2. The number of fused-ring (bicyclic) bond motifs is 2. The van der Waals surface area contributed by atoms with Crippen molar-refractivity contribution < 1.29 is 0 Å². The predicted molar refractivity (Wildman–Crippen MR) is 91.4 cm³/mol. The topological polar surface area (TPSA) is 58.9 Å².